The standard InChI is InChI=1S/C19H28N2O3S/c1-2-3-9-18(23)21-14-25-13-17(21)19(24)20-12-16(22)11-10-15-7-5-4-6-8-15/h4-8,16-17,22H,2-3,9-14H2,1H3,(H,20,24). The number of aryl methyl sites for hydroxylation is 1. The van der Waals surface area contributed by atoms with Crippen LogP contribution in [0, 0.1) is 0 Å². The van der Waals surface area contributed by atoms with Gasteiger partial charge in [0.15, 0.2) is 0 Å². The fraction of sp³-hybridized carbons (Fsp3) is 0.579. The van der Waals surface area contributed by atoms with Crippen LogP contribution in [-0.4, -0.2) is 52.1 Å². The van der Waals surface area contributed by atoms with E-state index in [1.165, 1.54) is 5.56 Å². The summed E-state index contributed by atoms with van der Waals surface area (Å²) in [5.41, 5.74) is 1.17. The Morgan fingerprint density at radius 3 is 2.84 bits per heavy atom. The van der Waals surface area contributed by atoms with E-state index in [0.29, 0.717) is 24.5 Å². The van der Waals surface area contributed by atoms with Crippen LogP contribution in [0.3, 0.4) is 0 Å². The highest BCUT2D eigenvalue weighted by molar-refractivity contribution is 7.99. The molecule has 2 unspecified atom stereocenters. The van der Waals surface area contributed by atoms with Gasteiger partial charge in [-0.1, -0.05) is 43.7 Å². The van der Waals surface area contributed by atoms with Crippen molar-refractivity contribution < 1.29 is 14.7 Å². The molecule has 1 aromatic rings. The van der Waals surface area contributed by atoms with Crippen molar-refractivity contribution in [3.05, 3.63) is 35.9 Å². The maximum Gasteiger partial charge on any atom is 0.243 e. The summed E-state index contributed by atoms with van der Waals surface area (Å²) in [4.78, 5) is 26.3. The zero-order valence-electron chi connectivity index (χ0n) is 14.8. The molecule has 0 spiro atoms. The second kappa shape index (κ2) is 10.5. The lowest BCUT2D eigenvalue weighted by atomic mass is 10.1. The Balaban J connectivity index is 1.73. The normalized spacial score (nSPS) is 18.2. The second-order valence-electron chi connectivity index (χ2n) is 6.41. The molecule has 0 aliphatic carbocycles. The molecule has 0 aromatic heterocycles. The molecule has 5 nitrogen and oxygen atoms in total. The number of rotatable bonds is 9. The van der Waals surface area contributed by atoms with Crippen molar-refractivity contribution in [3.63, 3.8) is 0 Å². The Bertz CT molecular complexity index is 553. The molecule has 1 heterocycles. The summed E-state index contributed by atoms with van der Waals surface area (Å²) in [5.74, 6) is 1.10. The van der Waals surface area contributed by atoms with Gasteiger partial charge in [-0.3, -0.25) is 9.59 Å². The summed E-state index contributed by atoms with van der Waals surface area (Å²) < 4.78 is 0. The Hall–Kier alpha value is -1.53. The average molecular weight is 365 g/mol. The highest BCUT2D eigenvalue weighted by atomic mass is 32.2. The first kappa shape index (κ1) is 19.8. The minimum Gasteiger partial charge on any atom is -0.391 e. The lowest BCUT2D eigenvalue weighted by Crippen LogP contribution is -2.48. The number of carbonyl (C=O) groups excluding carboxylic acids is 2. The van der Waals surface area contributed by atoms with Crippen molar-refractivity contribution in [2.45, 2.75) is 51.2 Å². The fourth-order valence-corrected chi connectivity index (χ4v) is 3.97. The van der Waals surface area contributed by atoms with Crippen LogP contribution < -0.4 is 5.32 Å². The molecule has 1 aromatic carbocycles. The van der Waals surface area contributed by atoms with Gasteiger partial charge in [0.05, 0.1) is 12.0 Å². The van der Waals surface area contributed by atoms with E-state index in [0.717, 1.165) is 19.3 Å². The molecule has 6 heteroatoms. The average Bonchev–Trinajstić information content (AvgIpc) is 3.13. The Kier molecular flexibility index (Phi) is 8.28. The molecule has 1 aliphatic heterocycles. The van der Waals surface area contributed by atoms with E-state index in [-0.39, 0.29) is 18.4 Å². The van der Waals surface area contributed by atoms with Gasteiger partial charge in [0.2, 0.25) is 11.8 Å². The first-order chi connectivity index (χ1) is 12.1. The molecular formula is C19H28N2O3S. The Morgan fingerprint density at radius 1 is 1.36 bits per heavy atom. The number of nitrogens with one attached hydrogen (secondary N) is 1. The van der Waals surface area contributed by atoms with Crippen molar-refractivity contribution in [1.82, 2.24) is 10.2 Å². The van der Waals surface area contributed by atoms with E-state index in [9.17, 15) is 14.7 Å². The molecule has 1 fully saturated rings. The number of aliphatic hydroxyl groups is 1. The molecule has 2 rings (SSSR count). The Morgan fingerprint density at radius 2 is 2.12 bits per heavy atom. The first-order valence-corrected chi connectivity index (χ1v) is 10.1. The number of benzene rings is 1. The van der Waals surface area contributed by atoms with E-state index >= 15 is 0 Å². The maximum absolute atomic E-state index is 12.4. The minimum atomic E-state index is -0.581. The molecule has 25 heavy (non-hydrogen) atoms. The summed E-state index contributed by atoms with van der Waals surface area (Å²) in [7, 11) is 0. The fourth-order valence-electron chi connectivity index (χ4n) is 2.79. The third-order valence-corrected chi connectivity index (χ3v) is 5.38. The van der Waals surface area contributed by atoms with E-state index in [1.54, 1.807) is 16.7 Å². The number of hydrogen-bond donors (Lipinski definition) is 2. The smallest absolute Gasteiger partial charge is 0.243 e. The van der Waals surface area contributed by atoms with Crippen LogP contribution in [0.1, 0.15) is 38.2 Å². The summed E-state index contributed by atoms with van der Waals surface area (Å²) in [5, 5.41) is 12.9. The van der Waals surface area contributed by atoms with Crippen LogP contribution in [0.2, 0.25) is 0 Å². The number of unbranched alkanes of at least 4 members (excludes halogenated alkanes) is 1. The SMILES string of the molecule is CCCCC(=O)N1CSCC1C(=O)NCC(O)CCc1ccccc1. The van der Waals surface area contributed by atoms with Crippen LogP contribution >= 0.6 is 11.8 Å². The van der Waals surface area contributed by atoms with E-state index in [2.05, 4.69) is 5.32 Å². The van der Waals surface area contributed by atoms with Crippen LogP contribution in [-0.2, 0) is 16.0 Å². The molecule has 0 bridgehead atoms. The van der Waals surface area contributed by atoms with E-state index in [1.807, 2.05) is 37.3 Å². The van der Waals surface area contributed by atoms with Crippen molar-refractivity contribution in [1.29, 1.82) is 0 Å². The lowest BCUT2D eigenvalue weighted by molar-refractivity contribution is -0.138. The number of nitrogens with zero attached hydrogens (tertiary/aromatic N) is 1. The minimum absolute atomic E-state index is 0.0524. The predicted octanol–water partition coefficient (Wildman–Crippen LogP) is 2.19. The van der Waals surface area contributed by atoms with Crippen LogP contribution in [0.5, 0.6) is 0 Å². The van der Waals surface area contributed by atoms with Gasteiger partial charge in [-0.05, 0) is 24.8 Å². The number of amides is 2. The first-order valence-electron chi connectivity index (χ1n) is 8.98. The van der Waals surface area contributed by atoms with Gasteiger partial charge in [-0.15, -0.1) is 11.8 Å². The van der Waals surface area contributed by atoms with Crippen LogP contribution in [0.25, 0.3) is 0 Å². The third kappa shape index (κ3) is 6.36. The van der Waals surface area contributed by atoms with Crippen molar-refractivity contribution in [2.75, 3.05) is 18.2 Å². The van der Waals surface area contributed by atoms with Gasteiger partial charge >= 0.3 is 0 Å². The predicted molar refractivity (Wildman–Crippen MR) is 101 cm³/mol. The van der Waals surface area contributed by atoms with Gasteiger partial charge < -0.3 is 15.3 Å². The van der Waals surface area contributed by atoms with E-state index in [4.69, 9.17) is 0 Å². The largest absolute Gasteiger partial charge is 0.391 e. The van der Waals surface area contributed by atoms with Gasteiger partial charge in [0.1, 0.15) is 6.04 Å². The maximum atomic E-state index is 12.4. The molecule has 2 N–H and O–H groups in total. The van der Waals surface area contributed by atoms with Gasteiger partial charge in [0.25, 0.3) is 0 Å². The van der Waals surface area contributed by atoms with E-state index < -0.39 is 12.1 Å². The van der Waals surface area contributed by atoms with Gasteiger partial charge in [-0.25, -0.2) is 0 Å². The van der Waals surface area contributed by atoms with Gasteiger partial charge in [0, 0.05) is 18.7 Å². The molecule has 2 atom stereocenters. The summed E-state index contributed by atoms with van der Waals surface area (Å²) in [6.45, 7) is 2.27. The van der Waals surface area contributed by atoms with Gasteiger partial charge in [-0.2, -0.15) is 0 Å². The van der Waals surface area contributed by atoms with Crippen LogP contribution in [0.4, 0.5) is 0 Å². The summed E-state index contributed by atoms with van der Waals surface area (Å²) in [6.07, 6.45) is 3.12. The zero-order chi connectivity index (χ0) is 18.1. The van der Waals surface area contributed by atoms with Crippen molar-refractivity contribution >= 4 is 23.6 Å². The number of hydrogen-bond acceptors (Lipinski definition) is 4. The number of carbonyl (C=O) groups is 2. The molecule has 0 radical (unpaired) electrons. The summed E-state index contributed by atoms with van der Waals surface area (Å²) in [6, 6.07) is 9.57. The zero-order valence-corrected chi connectivity index (χ0v) is 15.6. The monoisotopic (exact) mass is 364 g/mol. The quantitative estimate of drug-likeness (QED) is 0.705. The second-order valence-corrected chi connectivity index (χ2v) is 7.41. The van der Waals surface area contributed by atoms with Crippen molar-refractivity contribution in [3.8, 4) is 0 Å². The molecule has 1 aliphatic rings. The third-order valence-electron chi connectivity index (χ3n) is 4.37. The highest BCUT2D eigenvalue weighted by Gasteiger charge is 2.34. The number of thioether (sulfide) groups is 1. The van der Waals surface area contributed by atoms with Crippen LogP contribution in [0.15, 0.2) is 30.3 Å². The van der Waals surface area contributed by atoms with Crippen molar-refractivity contribution in [2.24, 2.45) is 0 Å². The lowest BCUT2D eigenvalue weighted by Gasteiger charge is -2.23. The highest BCUT2D eigenvalue weighted by Crippen LogP contribution is 2.22. The topological polar surface area (TPSA) is 69.6 Å². The molecule has 0 saturated carbocycles. The summed E-state index contributed by atoms with van der Waals surface area (Å²) >= 11 is 1.60. The molecular weight excluding hydrogens is 336 g/mol. The number of aliphatic hydroxyl groups excluding tert-OH is 1. The molecule has 2 amide bonds. The Labute approximate surface area is 154 Å². The molecule has 138 valence electrons. The molecule has 1 saturated heterocycles.